The Morgan fingerprint density at radius 1 is 1.21 bits per heavy atom. The summed E-state index contributed by atoms with van der Waals surface area (Å²) >= 11 is 0. The molecular formula is C12H13F3N4. The topological polar surface area (TPSA) is 55.9 Å². The van der Waals surface area contributed by atoms with Crippen LogP contribution in [0.3, 0.4) is 0 Å². The maximum absolute atomic E-state index is 12.5. The van der Waals surface area contributed by atoms with Crippen molar-refractivity contribution in [1.82, 2.24) is 15.2 Å². The smallest absolute Gasteiger partial charge is 0.271 e. The Morgan fingerprint density at radius 2 is 1.84 bits per heavy atom. The van der Waals surface area contributed by atoms with E-state index in [2.05, 4.69) is 10.5 Å². The number of benzene rings is 1. The summed E-state index contributed by atoms with van der Waals surface area (Å²) in [6, 6.07) is 6.23. The summed E-state index contributed by atoms with van der Waals surface area (Å²) in [4.78, 5) is 0. The lowest BCUT2D eigenvalue weighted by Crippen LogP contribution is -2.30. The molecule has 1 aromatic carbocycles. The minimum absolute atomic E-state index is 0.408. The average molecular weight is 270 g/mol. The molecule has 0 aliphatic carbocycles. The second-order valence-corrected chi connectivity index (χ2v) is 4.10. The fraction of sp³-hybridized carbons (Fsp3) is 0.250. The number of nitrogens with zero attached hydrogens (tertiary/aromatic N) is 2. The maximum Gasteiger partial charge on any atom is 0.416 e. The first-order valence-corrected chi connectivity index (χ1v) is 5.54. The van der Waals surface area contributed by atoms with E-state index in [9.17, 15) is 13.2 Å². The summed E-state index contributed by atoms with van der Waals surface area (Å²) in [6.45, 7) is 0. The van der Waals surface area contributed by atoms with Crippen LogP contribution in [-0.2, 0) is 13.2 Å². The van der Waals surface area contributed by atoms with Crippen LogP contribution in [-0.4, -0.2) is 9.78 Å². The molecule has 2 rings (SSSR count). The number of halogens is 3. The SMILES string of the molecule is Cn1nccc1C(NN)c1ccc(C(F)(F)F)cc1. The molecule has 0 aliphatic heterocycles. The van der Waals surface area contributed by atoms with Gasteiger partial charge in [-0.1, -0.05) is 12.1 Å². The van der Waals surface area contributed by atoms with Gasteiger partial charge in [0.05, 0.1) is 17.3 Å². The molecule has 0 aliphatic rings. The first kappa shape index (κ1) is 13.6. The predicted molar refractivity (Wildman–Crippen MR) is 63.8 cm³/mol. The first-order valence-electron chi connectivity index (χ1n) is 5.54. The second-order valence-electron chi connectivity index (χ2n) is 4.10. The number of hydrogen-bond acceptors (Lipinski definition) is 3. The van der Waals surface area contributed by atoms with E-state index in [1.54, 1.807) is 24.0 Å². The average Bonchev–Trinajstić information content (AvgIpc) is 2.76. The van der Waals surface area contributed by atoms with Gasteiger partial charge >= 0.3 is 6.18 Å². The molecule has 1 aromatic heterocycles. The highest BCUT2D eigenvalue weighted by atomic mass is 19.4. The van der Waals surface area contributed by atoms with Gasteiger partial charge in [-0.15, -0.1) is 0 Å². The van der Waals surface area contributed by atoms with Crippen molar-refractivity contribution in [1.29, 1.82) is 0 Å². The van der Waals surface area contributed by atoms with Crippen LogP contribution in [0.5, 0.6) is 0 Å². The van der Waals surface area contributed by atoms with Crippen molar-refractivity contribution in [2.45, 2.75) is 12.2 Å². The zero-order valence-corrected chi connectivity index (χ0v) is 10.1. The Bertz CT molecular complexity index is 545. The summed E-state index contributed by atoms with van der Waals surface area (Å²) in [6.07, 6.45) is -2.74. The zero-order valence-electron chi connectivity index (χ0n) is 10.1. The van der Waals surface area contributed by atoms with Crippen LogP contribution in [0.25, 0.3) is 0 Å². The monoisotopic (exact) mass is 270 g/mol. The van der Waals surface area contributed by atoms with E-state index < -0.39 is 17.8 Å². The molecule has 102 valence electrons. The molecule has 2 aromatic rings. The van der Waals surface area contributed by atoms with Gasteiger partial charge in [-0.05, 0) is 23.8 Å². The van der Waals surface area contributed by atoms with Crippen LogP contribution in [0.4, 0.5) is 13.2 Å². The van der Waals surface area contributed by atoms with Crippen LogP contribution in [0.1, 0.15) is 22.9 Å². The highest BCUT2D eigenvalue weighted by Gasteiger charge is 2.30. The normalized spacial score (nSPS) is 13.5. The van der Waals surface area contributed by atoms with Crippen LogP contribution in [0, 0.1) is 0 Å². The van der Waals surface area contributed by atoms with Crippen molar-refractivity contribution in [3.8, 4) is 0 Å². The molecule has 4 nitrogen and oxygen atoms in total. The Labute approximate surface area is 108 Å². The number of hydrazine groups is 1. The highest BCUT2D eigenvalue weighted by molar-refractivity contribution is 5.31. The highest BCUT2D eigenvalue weighted by Crippen LogP contribution is 2.30. The predicted octanol–water partition coefficient (Wildman–Crippen LogP) is 1.99. The van der Waals surface area contributed by atoms with Crippen molar-refractivity contribution in [2.24, 2.45) is 12.9 Å². The van der Waals surface area contributed by atoms with Gasteiger partial charge < -0.3 is 0 Å². The number of nitrogens with two attached hydrogens (primary N) is 1. The van der Waals surface area contributed by atoms with Crippen molar-refractivity contribution in [3.63, 3.8) is 0 Å². The van der Waals surface area contributed by atoms with Gasteiger partial charge in [0.25, 0.3) is 0 Å². The van der Waals surface area contributed by atoms with E-state index >= 15 is 0 Å². The third kappa shape index (κ3) is 2.77. The minimum atomic E-state index is -4.34. The van der Waals surface area contributed by atoms with E-state index in [0.717, 1.165) is 17.8 Å². The lowest BCUT2D eigenvalue weighted by Gasteiger charge is -2.17. The first-order chi connectivity index (χ1) is 8.93. The molecule has 0 fully saturated rings. The summed E-state index contributed by atoms with van der Waals surface area (Å²) < 4.78 is 39.1. The van der Waals surface area contributed by atoms with Gasteiger partial charge in [0.2, 0.25) is 0 Å². The minimum Gasteiger partial charge on any atom is -0.271 e. The van der Waals surface area contributed by atoms with Crippen molar-refractivity contribution in [3.05, 3.63) is 53.3 Å². The van der Waals surface area contributed by atoms with E-state index in [1.165, 1.54) is 12.1 Å². The molecule has 1 unspecified atom stereocenters. The van der Waals surface area contributed by atoms with Crippen molar-refractivity contribution >= 4 is 0 Å². The Balaban J connectivity index is 2.33. The van der Waals surface area contributed by atoms with Gasteiger partial charge in [-0.3, -0.25) is 10.5 Å². The largest absolute Gasteiger partial charge is 0.416 e. The molecule has 0 amide bonds. The van der Waals surface area contributed by atoms with Crippen molar-refractivity contribution < 1.29 is 13.2 Å². The Kier molecular flexibility index (Phi) is 3.59. The van der Waals surface area contributed by atoms with Crippen LogP contribution in [0.15, 0.2) is 36.5 Å². The summed E-state index contributed by atoms with van der Waals surface area (Å²) in [5, 5.41) is 4.01. The van der Waals surface area contributed by atoms with E-state index in [-0.39, 0.29) is 0 Å². The summed E-state index contributed by atoms with van der Waals surface area (Å²) in [5.41, 5.74) is 3.30. The Morgan fingerprint density at radius 3 is 2.26 bits per heavy atom. The molecule has 7 heteroatoms. The molecule has 0 spiro atoms. The molecule has 1 heterocycles. The van der Waals surface area contributed by atoms with Crippen LogP contribution < -0.4 is 11.3 Å². The zero-order chi connectivity index (χ0) is 14.0. The fourth-order valence-electron chi connectivity index (χ4n) is 1.88. The van der Waals surface area contributed by atoms with Gasteiger partial charge in [0, 0.05) is 13.2 Å². The quantitative estimate of drug-likeness (QED) is 0.662. The van der Waals surface area contributed by atoms with E-state index in [0.29, 0.717) is 5.56 Å². The molecule has 1 atom stereocenters. The van der Waals surface area contributed by atoms with Gasteiger partial charge in [0.15, 0.2) is 0 Å². The summed E-state index contributed by atoms with van der Waals surface area (Å²) in [7, 11) is 1.74. The van der Waals surface area contributed by atoms with E-state index in [4.69, 9.17) is 5.84 Å². The molecule has 19 heavy (non-hydrogen) atoms. The van der Waals surface area contributed by atoms with Crippen molar-refractivity contribution in [2.75, 3.05) is 0 Å². The third-order valence-corrected chi connectivity index (χ3v) is 2.89. The lowest BCUT2D eigenvalue weighted by molar-refractivity contribution is -0.137. The molecular weight excluding hydrogens is 257 g/mol. The molecule has 0 radical (unpaired) electrons. The summed E-state index contributed by atoms with van der Waals surface area (Å²) in [5.74, 6) is 5.48. The standard InChI is InChI=1S/C12H13F3N4/c1-19-10(6-7-17-19)11(18-16)8-2-4-9(5-3-8)12(13,14)15/h2-7,11,18H,16H2,1H3. The fourth-order valence-corrected chi connectivity index (χ4v) is 1.88. The van der Waals surface area contributed by atoms with Crippen LogP contribution in [0.2, 0.25) is 0 Å². The Hall–Kier alpha value is -1.86. The second kappa shape index (κ2) is 5.02. The number of nitrogens with one attached hydrogen (secondary N) is 1. The number of alkyl halides is 3. The van der Waals surface area contributed by atoms with Gasteiger partial charge in [0.1, 0.15) is 0 Å². The molecule has 3 N–H and O–H groups in total. The number of aromatic nitrogens is 2. The van der Waals surface area contributed by atoms with Gasteiger partial charge in [-0.25, -0.2) is 5.43 Å². The maximum atomic E-state index is 12.5. The molecule has 0 bridgehead atoms. The number of rotatable bonds is 3. The molecule has 0 saturated heterocycles. The number of hydrogen-bond donors (Lipinski definition) is 2. The van der Waals surface area contributed by atoms with E-state index in [1.807, 2.05) is 0 Å². The van der Waals surface area contributed by atoms with Crippen LogP contribution >= 0.6 is 0 Å². The lowest BCUT2D eigenvalue weighted by atomic mass is 10.0. The van der Waals surface area contributed by atoms with Gasteiger partial charge in [-0.2, -0.15) is 18.3 Å². The molecule has 0 saturated carbocycles. The third-order valence-electron chi connectivity index (χ3n) is 2.89. The number of aryl methyl sites for hydroxylation is 1.